The van der Waals surface area contributed by atoms with Gasteiger partial charge in [-0.15, -0.1) is 0 Å². The third-order valence-corrected chi connectivity index (χ3v) is 1.95. The van der Waals surface area contributed by atoms with Gasteiger partial charge in [-0.05, 0) is 25.1 Å². The Kier molecular flexibility index (Phi) is 2.65. The van der Waals surface area contributed by atoms with Crippen LogP contribution in [0, 0.1) is 0 Å². The number of nitrogens with one attached hydrogen (secondary N) is 1. The maximum atomic E-state index is 5.38. The van der Waals surface area contributed by atoms with E-state index in [2.05, 4.69) is 9.97 Å². The van der Waals surface area contributed by atoms with Gasteiger partial charge in [0.1, 0.15) is 0 Å². The molecule has 0 aliphatic heterocycles. The predicted octanol–water partition coefficient (Wildman–Crippen LogP) is 1.29. The number of hydrogen-bond acceptors (Lipinski definition) is 3. The number of imidazole rings is 1. The summed E-state index contributed by atoms with van der Waals surface area (Å²) in [5.41, 5.74) is 7.28. The minimum Gasteiger partial charge on any atom is -0.465 e. The number of aromatic amines is 1. The van der Waals surface area contributed by atoms with Crippen molar-refractivity contribution >= 4 is 11.0 Å². The van der Waals surface area contributed by atoms with E-state index in [-0.39, 0.29) is 0 Å². The molecule has 0 saturated carbocycles. The molecule has 0 saturated heterocycles. The summed E-state index contributed by atoms with van der Waals surface area (Å²) >= 11 is 0. The third-order valence-electron chi connectivity index (χ3n) is 1.95. The predicted molar refractivity (Wildman–Crippen MR) is 55.3 cm³/mol. The number of benzene rings is 1. The van der Waals surface area contributed by atoms with Crippen molar-refractivity contribution in [3.63, 3.8) is 0 Å². The Morgan fingerprint density at radius 1 is 1.36 bits per heavy atom. The summed E-state index contributed by atoms with van der Waals surface area (Å²) in [6.45, 7) is 1.25. The van der Waals surface area contributed by atoms with E-state index in [1.807, 2.05) is 24.3 Å². The van der Waals surface area contributed by atoms with Crippen molar-refractivity contribution in [2.75, 3.05) is 13.2 Å². The Morgan fingerprint density at radius 3 is 3.00 bits per heavy atom. The van der Waals surface area contributed by atoms with Gasteiger partial charge in [-0.3, -0.25) is 0 Å². The highest BCUT2D eigenvalue weighted by Gasteiger charge is 2.01. The van der Waals surface area contributed by atoms with Gasteiger partial charge < -0.3 is 15.5 Å². The van der Waals surface area contributed by atoms with E-state index >= 15 is 0 Å². The number of nitrogens with two attached hydrogens (primary N) is 1. The molecule has 0 spiro atoms. The molecule has 0 aliphatic carbocycles. The summed E-state index contributed by atoms with van der Waals surface area (Å²) in [7, 11) is 0. The molecule has 0 fully saturated rings. The van der Waals surface area contributed by atoms with Crippen LogP contribution in [0.2, 0.25) is 0 Å². The minimum absolute atomic E-state index is 0.569. The lowest BCUT2D eigenvalue weighted by molar-refractivity contribution is 0.293. The maximum absolute atomic E-state index is 5.38. The van der Waals surface area contributed by atoms with E-state index in [9.17, 15) is 0 Å². The molecule has 1 aromatic heterocycles. The number of nitrogens with zero attached hydrogens (tertiary/aromatic N) is 1. The lowest BCUT2D eigenvalue weighted by atomic mass is 10.3. The Hall–Kier alpha value is -1.55. The number of para-hydroxylation sites is 2. The Balaban J connectivity index is 2.11. The SMILES string of the molecule is NCCCOc1nc2ccccc2[nH]1. The van der Waals surface area contributed by atoms with Crippen LogP contribution in [-0.2, 0) is 0 Å². The van der Waals surface area contributed by atoms with Gasteiger partial charge >= 0.3 is 0 Å². The van der Waals surface area contributed by atoms with Crippen LogP contribution in [0.5, 0.6) is 6.01 Å². The van der Waals surface area contributed by atoms with Crippen LogP contribution in [0.1, 0.15) is 6.42 Å². The molecule has 4 heteroatoms. The summed E-state index contributed by atoms with van der Waals surface area (Å²) in [6, 6.07) is 8.40. The third kappa shape index (κ3) is 1.85. The van der Waals surface area contributed by atoms with Gasteiger partial charge in [0.2, 0.25) is 0 Å². The smallest absolute Gasteiger partial charge is 0.294 e. The first kappa shape index (κ1) is 9.02. The van der Waals surface area contributed by atoms with Gasteiger partial charge in [0.25, 0.3) is 6.01 Å². The highest BCUT2D eigenvalue weighted by atomic mass is 16.5. The van der Waals surface area contributed by atoms with E-state index in [0.29, 0.717) is 19.2 Å². The van der Waals surface area contributed by atoms with Crippen molar-refractivity contribution in [3.8, 4) is 6.01 Å². The van der Waals surface area contributed by atoms with E-state index in [4.69, 9.17) is 10.5 Å². The van der Waals surface area contributed by atoms with Gasteiger partial charge in [-0.2, -0.15) is 4.98 Å². The fraction of sp³-hybridized carbons (Fsp3) is 0.300. The molecule has 74 valence electrons. The normalized spacial score (nSPS) is 10.6. The second-order valence-electron chi connectivity index (χ2n) is 3.05. The van der Waals surface area contributed by atoms with Gasteiger partial charge in [-0.25, -0.2) is 0 Å². The van der Waals surface area contributed by atoms with E-state index < -0.39 is 0 Å². The molecule has 0 atom stereocenters. The van der Waals surface area contributed by atoms with Crippen LogP contribution >= 0.6 is 0 Å². The zero-order chi connectivity index (χ0) is 9.80. The fourth-order valence-corrected chi connectivity index (χ4v) is 1.25. The molecule has 1 aromatic carbocycles. The van der Waals surface area contributed by atoms with Crippen LogP contribution in [-0.4, -0.2) is 23.1 Å². The van der Waals surface area contributed by atoms with Crippen LogP contribution < -0.4 is 10.5 Å². The summed E-state index contributed by atoms with van der Waals surface area (Å²) < 4.78 is 5.38. The van der Waals surface area contributed by atoms with Crippen molar-refractivity contribution in [3.05, 3.63) is 24.3 Å². The van der Waals surface area contributed by atoms with Crippen LogP contribution in [0.25, 0.3) is 11.0 Å². The number of H-pyrrole nitrogens is 1. The lowest BCUT2D eigenvalue weighted by Gasteiger charge is -1.98. The van der Waals surface area contributed by atoms with Gasteiger partial charge in [0, 0.05) is 0 Å². The standard InChI is InChI=1S/C10H13N3O/c11-6-3-7-14-10-12-8-4-1-2-5-9(8)13-10/h1-2,4-5H,3,6-7,11H2,(H,12,13). The average molecular weight is 191 g/mol. The Labute approximate surface area is 82.1 Å². The lowest BCUT2D eigenvalue weighted by Crippen LogP contribution is -2.06. The van der Waals surface area contributed by atoms with E-state index in [1.165, 1.54) is 0 Å². The molecule has 0 aliphatic rings. The summed E-state index contributed by atoms with van der Waals surface area (Å²) in [4.78, 5) is 7.35. The fourth-order valence-electron chi connectivity index (χ4n) is 1.25. The second kappa shape index (κ2) is 4.11. The van der Waals surface area contributed by atoms with Crippen molar-refractivity contribution < 1.29 is 4.74 Å². The molecular formula is C10H13N3O. The average Bonchev–Trinajstić information content (AvgIpc) is 2.60. The largest absolute Gasteiger partial charge is 0.465 e. The monoisotopic (exact) mass is 191 g/mol. The van der Waals surface area contributed by atoms with Gasteiger partial charge in [0.05, 0.1) is 17.6 Å². The van der Waals surface area contributed by atoms with E-state index in [1.54, 1.807) is 0 Å². The first-order valence-corrected chi connectivity index (χ1v) is 4.68. The molecule has 0 unspecified atom stereocenters. The van der Waals surface area contributed by atoms with Crippen molar-refractivity contribution in [2.45, 2.75) is 6.42 Å². The molecule has 4 nitrogen and oxygen atoms in total. The number of rotatable bonds is 4. The number of ether oxygens (including phenoxy) is 1. The molecule has 14 heavy (non-hydrogen) atoms. The maximum Gasteiger partial charge on any atom is 0.294 e. The minimum atomic E-state index is 0.569. The number of fused-ring (bicyclic) bond motifs is 1. The quantitative estimate of drug-likeness (QED) is 0.716. The first-order chi connectivity index (χ1) is 6.90. The Morgan fingerprint density at radius 2 is 2.21 bits per heavy atom. The zero-order valence-electron chi connectivity index (χ0n) is 7.86. The second-order valence-corrected chi connectivity index (χ2v) is 3.05. The van der Waals surface area contributed by atoms with Crippen molar-refractivity contribution in [1.82, 2.24) is 9.97 Å². The van der Waals surface area contributed by atoms with Crippen molar-refractivity contribution in [2.24, 2.45) is 5.73 Å². The highest BCUT2D eigenvalue weighted by molar-refractivity contribution is 5.75. The van der Waals surface area contributed by atoms with E-state index in [0.717, 1.165) is 17.5 Å². The van der Waals surface area contributed by atoms with Gasteiger partial charge in [-0.1, -0.05) is 12.1 Å². The van der Waals surface area contributed by atoms with Crippen LogP contribution in [0.3, 0.4) is 0 Å². The van der Waals surface area contributed by atoms with Crippen LogP contribution in [0.4, 0.5) is 0 Å². The molecule has 2 aromatic rings. The molecule has 0 amide bonds. The molecule has 1 heterocycles. The Bertz CT molecular complexity index is 377. The number of hydrogen-bond donors (Lipinski definition) is 2. The van der Waals surface area contributed by atoms with Crippen molar-refractivity contribution in [1.29, 1.82) is 0 Å². The zero-order valence-corrected chi connectivity index (χ0v) is 7.86. The molecule has 0 bridgehead atoms. The summed E-state index contributed by atoms with van der Waals surface area (Å²) in [5, 5.41) is 0. The highest BCUT2D eigenvalue weighted by Crippen LogP contribution is 2.14. The summed E-state index contributed by atoms with van der Waals surface area (Å²) in [5.74, 6) is 0. The number of aromatic nitrogens is 2. The molecule has 2 rings (SSSR count). The molecular weight excluding hydrogens is 178 g/mol. The first-order valence-electron chi connectivity index (χ1n) is 4.68. The summed E-state index contributed by atoms with van der Waals surface area (Å²) in [6.07, 6.45) is 0.844. The van der Waals surface area contributed by atoms with Gasteiger partial charge in [0.15, 0.2) is 0 Å². The molecule has 0 radical (unpaired) electrons. The molecule has 3 N–H and O–H groups in total. The van der Waals surface area contributed by atoms with Crippen LogP contribution in [0.15, 0.2) is 24.3 Å². The topological polar surface area (TPSA) is 63.9 Å².